The van der Waals surface area contributed by atoms with Gasteiger partial charge in [-0.15, -0.1) is 0 Å². The zero-order valence-corrected chi connectivity index (χ0v) is 14.4. The minimum Gasteiger partial charge on any atom is -0.378 e. The van der Waals surface area contributed by atoms with Crippen LogP contribution in [0.2, 0.25) is 0 Å². The number of carbonyl (C=O) groups is 1. The van der Waals surface area contributed by atoms with E-state index < -0.39 is 17.6 Å². The lowest BCUT2D eigenvalue weighted by Gasteiger charge is -2.26. The lowest BCUT2D eigenvalue weighted by molar-refractivity contribution is -0.138. The number of rotatable bonds is 2. The van der Waals surface area contributed by atoms with Gasteiger partial charge in [0.05, 0.1) is 36.6 Å². The summed E-state index contributed by atoms with van der Waals surface area (Å²) in [4.78, 5) is 24.9. The molecule has 6 nitrogen and oxygen atoms in total. The van der Waals surface area contributed by atoms with E-state index in [0.29, 0.717) is 37.9 Å². The highest BCUT2D eigenvalue weighted by molar-refractivity contribution is 5.96. The number of anilines is 1. The van der Waals surface area contributed by atoms with Crippen molar-refractivity contribution in [2.24, 2.45) is 0 Å². The maximum absolute atomic E-state index is 13.2. The average molecular weight is 378 g/mol. The number of benzene rings is 1. The van der Waals surface area contributed by atoms with E-state index in [1.54, 1.807) is 6.20 Å². The van der Waals surface area contributed by atoms with Crippen LogP contribution in [0.25, 0.3) is 0 Å². The second kappa shape index (κ2) is 6.80. The summed E-state index contributed by atoms with van der Waals surface area (Å²) in [6, 6.07) is 4.84. The predicted molar refractivity (Wildman–Crippen MR) is 90.1 cm³/mol. The van der Waals surface area contributed by atoms with Gasteiger partial charge in [-0.3, -0.25) is 4.79 Å². The van der Waals surface area contributed by atoms with Gasteiger partial charge in [-0.05, 0) is 12.1 Å². The van der Waals surface area contributed by atoms with Crippen LogP contribution in [0.5, 0.6) is 0 Å². The van der Waals surface area contributed by atoms with Crippen LogP contribution in [0.15, 0.2) is 30.5 Å². The molecule has 0 N–H and O–H groups in total. The third-order valence-electron chi connectivity index (χ3n) is 4.69. The van der Waals surface area contributed by atoms with E-state index in [-0.39, 0.29) is 18.7 Å². The second-order valence-corrected chi connectivity index (χ2v) is 6.45. The summed E-state index contributed by atoms with van der Waals surface area (Å²) >= 11 is 0. The van der Waals surface area contributed by atoms with Crippen molar-refractivity contribution in [2.75, 3.05) is 31.2 Å². The molecule has 1 saturated heterocycles. The lowest BCUT2D eigenvalue weighted by atomic mass is 10.1. The van der Waals surface area contributed by atoms with Gasteiger partial charge in [0.15, 0.2) is 0 Å². The number of halogens is 3. The fraction of sp³-hybridized carbons (Fsp3) is 0.389. The van der Waals surface area contributed by atoms with Gasteiger partial charge >= 0.3 is 6.18 Å². The Labute approximate surface area is 153 Å². The fourth-order valence-corrected chi connectivity index (χ4v) is 3.29. The highest BCUT2D eigenvalue weighted by Crippen LogP contribution is 2.33. The third kappa shape index (κ3) is 3.46. The molecule has 1 amide bonds. The SMILES string of the molecule is O=C(c1ccccc1C(F)(F)F)N1Cc2cnc(N3CCOCC3)nc2C1. The topological polar surface area (TPSA) is 58.6 Å². The van der Waals surface area contributed by atoms with E-state index in [2.05, 4.69) is 9.97 Å². The van der Waals surface area contributed by atoms with Gasteiger partial charge in [-0.1, -0.05) is 12.1 Å². The highest BCUT2D eigenvalue weighted by Gasteiger charge is 2.37. The smallest absolute Gasteiger partial charge is 0.378 e. The maximum Gasteiger partial charge on any atom is 0.417 e. The molecule has 0 aliphatic carbocycles. The Morgan fingerprint density at radius 2 is 1.85 bits per heavy atom. The number of hydrogen-bond acceptors (Lipinski definition) is 5. The Balaban J connectivity index is 1.56. The van der Waals surface area contributed by atoms with E-state index in [4.69, 9.17) is 4.74 Å². The summed E-state index contributed by atoms with van der Waals surface area (Å²) in [5, 5.41) is 0. The van der Waals surface area contributed by atoms with Crippen molar-refractivity contribution in [2.45, 2.75) is 19.3 Å². The molecule has 2 aromatic rings. The molecule has 0 bridgehead atoms. The summed E-state index contributed by atoms with van der Waals surface area (Å²) in [5.41, 5.74) is 0.152. The van der Waals surface area contributed by atoms with E-state index in [1.165, 1.54) is 23.1 Å². The Morgan fingerprint density at radius 3 is 2.59 bits per heavy atom. The summed E-state index contributed by atoms with van der Waals surface area (Å²) < 4.78 is 44.9. The number of alkyl halides is 3. The highest BCUT2D eigenvalue weighted by atomic mass is 19.4. The first-order valence-corrected chi connectivity index (χ1v) is 8.56. The van der Waals surface area contributed by atoms with Gasteiger partial charge in [-0.25, -0.2) is 9.97 Å². The van der Waals surface area contributed by atoms with Crippen molar-refractivity contribution < 1.29 is 22.7 Å². The first kappa shape index (κ1) is 17.7. The standard InChI is InChI=1S/C18H17F3N4O2/c19-18(20,21)14-4-2-1-3-13(14)16(26)25-10-12-9-22-17(23-15(12)11-25)24-5-7-27-8-6-24/h1-4,9H,5-8,10-11H2. The number of aromatic nitrogens is 2. The second-order valence-electron chi connectivity index (χ2n) is 6.45. The van der Waals surface area contributed by atoms with Gasteiger partial charge in [0, 0.05) is 31.4 Å². The van der Waals surface area contributed by atoms with Gasteiger partial charge in [0.2, 0.25) is 5.95 Å². The molecule has 0 unspecified atom stereocenters. The molecule has 1 aromatic heterocycles. The third-order valence-corrected chi connectivity index (χ3v) is 4.69. The summed E-state index contributed by atoms with van der Waals surface area (Å²) in [6.07, 6.45) is -2.93. The molecule has 0 radical (unpaired) electrons. The van der Waals surface area contributed by atoms with Crippen LogP contribution in [0.3, 0.4) is 0 Å². The Kier molecular flexibility index (Phi) is 4.47. The first-order chi connectivity index (χ1) is 12.9. The van der Waals surface area contributed by atoms with Gasteiger partial charge in [0.25, 0.3) is 5.91 Å². The summed E-state index contributed by atoms with van der Waals surface area (Å²) in [5.74, 6) is -0.101. The molecule has 4 rings (SSSR count). The fourth-order valence-electron chi connectivity index (χ4n) is 3.29. The molecule has 2 aliphatic heterocycles. The number of ether oxygens (including phenoxy) is 1. The maximum atomic E-state index is 13.2. The molecular weight excluding hydrogens is 361 g/mol. The monoisotopic (exact) mass is 378 g/mol. The quantitative estimate of drug-likeness (QED) is 0.804. The van der Waals surface area contributed by atoms with Crippen LogP contribution in [-0.4, -0.2) is 47.1 Å². The molecule has 0 saturated carbocycles. The molecular formula is C18H17F3N4O2. The first-order valence-electron chi connectivity index (χ1n) is 8.56. The van der Waals surface area contributed by atoms with Crippen molar-refractivity contribution >= 4 is 11.9 Å². The van der Waals surface area contributed by atoms with Crippen LogP contribution in [0.4, 0.5) is 19.1 Å². The van der Waals surface area contributed by atoms with Crippen LogP contribution in [-0.2, 0) is 24.0 Å². The average Bonchev–Trinajstić information content (AvgIpc) is 3.10. The summed E-state index contributed by atoms with van der Waals surface area (Å²) in [7, 11) is 0. The molecule has 0 spiro atoms. The molecule has 0 atom stereocenters. The van der Waals surface area contributed by atoms with Gasteiger partial charge in [0.1, 0.15) is 0 Å². The van der Waals surface area contributed by atoms with Crippen LogP contribution in [0.1, 0.15) is 27.2 Å². The number of fused-ring (bicyclic) bond motifs is 1. The zero-order valence-electron chi connectivity index (χ0n) is 14.4. The van der Waals surface area contributed by atoms with E-state index >= 15 is 0 Å². The van der Waals surface area contributed by atoms with Crippen LogP contribution < -0.4 is 4.90 Å². The van der Waals surface area contributed by atoms with Crippen LogP contribution >= 0.6 is 0 Å². The molecule has 27 heavy (non-hydrogen) atoms. The van der Waals surface area contributed by atoms with Crippen molar-refractivity contribution in [3.05, 3.63) is 52.8 Å². The number of carbonyl (C=O) groups excluding carboxylic acids is 1. The minimum atomic E-state index is -4.58. The van der Waals surface area contributed by atoms with Crippen molar-refractivity contribution in [3.8, 4) is 0 Å². The zero-order chi connectivity index (χ0) is 19.0. The molecule has 3 heterocycles. The number of nitrogens with zero attached hydrogens (tertiary/aromatic N) is 4. The Bertz CT molecular complexity index is 866. The number of hydrogen-bond donors (Lipinski definition) is 0. The normalized spacial score (nSPS) is 17.1. The van der Waals surface area contributed by atoms with Crippen molar-refractivity contribution in [3.63, 3.8) is 0 Å². The molecule has 1 fully saturated rings. The van der Waals surface area contributed by atoms with E-state index in [1.807, 2.05) is 4.90 Å². The van der Waals surface area contributed by atoms with Crippen molar-refractivity contribution in [1.82, 2.24) is 14.9 Å². The number of amides is 1. The predicted octanol–water partition coefficient (Wildman–Crippen LogP) is 2.49. The largest absolute Gasteiger partial charge is 0.417 e. The number of morpholine rings is 1. The van der Waals surface area contributed by atoms with Gasteiger partial charge in [-0.2, -0.15) is 13.2 Å². The Hall–Kier alpha value is -2.68. The van der Waals surface area contributed by atoms with Crippen LogP contribution in [0, 0.1) is 0 Å². The molecule has 1 aromatic carbocycles. The summed E-state index contributed by atoms with van der Waals surface area (Å²) in [6.45, 7) is 2.92. The van der Waals surface area contributed by atoms with Gasteiger partial charge < -0.3 is 14.5 Å². The lowest BCUT2D eigenvalue weighted by Crippen LogP contribution is -2.37. The molecule has 9 heteroatoms. The molecule has 142 valence electrons. The minimum absolute atomic E-state index is 0.167. The molecule has 2 aliphatic rings. The Morgan fingerprint density at radius 1 is 1.11 bits per heavy atom. The van der Waals surface area contributed by atoms with E-state index in [0.717, 1.165) is 11.6 Å². The van der Waals surface area contributed by atoms with E-state index in [9.17, 15) is 18.0 Å². The van der Waals surface area contributed by atoms with Crippen molar-refractivity contribution in [1.29, 1.82) is 0 Å².